The van der Waals surface area contributed by atoms with Crippen LogP contribution in [-0.2, 0) is 9.59 Å². The van der Waals surface area contributed by atoms with Crippen molar-refractivity contribution in [3.63, 3.8) is 0 Å². The summed E-state index contributed by atoms with van der Waals surface area (Å²) in [6.45, 7) is 0. The van der Waals surface area contributed by atoms with E-state index in [1.54, 1.807) is 0 Å². The summed E-state index contributed by atoms with van der Waals surface area (Å²) in [5.41, 5.74) is -1.92. The number of nitrogens with zero attached hydrogens (tertiary/aromatic N) is 2. The highest BCUT2D eigenvalue weighted by atomic mass is 19.2. The van der Waals surface area contributed by atoms with Gasteiger partial charge in [0.2, 0.25) is 5.91 Å². The maximum absolute atomic E-state index is 13.9. The number of hydrogen-bond acceptors (Lipinski definition) is 3. The Labute approximate surface area is 149 Å². The maximum Gasteiger partial charge on any atom is 0.271 e. The molecule has 0 fully saturated rings. The SMILES string of the molecule is O=C(Nc1ccccc1F)C1=NN(c2c(F)c(F)cc(F)c2F)C(=O)CC1. The van der Waals surface area contributed by atoms with Crippen LogP contribution < -0.4 is 10.3 Å². The van der Waals surface area contributed by atoms with Gasteiger partial charge in [-0.15, -0.1) is 0 Å². The number of hydrazone groups is 1. The molecule has 1 heterocycles. The number of carbonyl (C=O) groups excluding carboxylic acids is 2. The van der Waals surface area contributed by atoms with E-state index in [-0.39, 0.29) is 28.9 Å². The quantitative estimate of drug-likeness (QED) is 0.652. The van der Waals surface area contributed by atoms with Crippen LogP contribution in [0.2, 0.25) is 0 Å². The van der Waals surface area contributed by atoms with Gasteiger partial charge in [0.25, 0.3) is 5.91 Å². The molecule has 1 aliphatic rings. The van der Waals surface area contributed by atoms with E-state index in [2.05, 4.69) is 10.4 Å². The lowest BCUT2D eigenvalue weighted by atomic mass is 10.1. The van der Waals surface area contributed by atoms with Crippen LogP contribution in [0.15, 0.2) is 35.4 Å². The molecule has 0 aliphatic carbocycles. The molecule has 2 aromatic carbocycles. The molecule has 0 aromatic heterocycles. The van der Waals surface area contributed by atoms with E-state index in [1.165, 1.54) is 18.2 Å². The summed E-state index contributed by atoms with van der Waals surface area (Å²) in [6.07, 6.45) is -0.614. The number of para-hydroxylation sites is 1. The molecule has 27 heavy (non-hydrogen) atoms. The van der Waals surface area contributed by atoms with E-state index in [1.807, 2.05) is 0 Å². The van der Waals surface area contributed by atoms with E-state index in [0.717, 1.165) is 6.07 Å². The van der Waals surface area contributed by atoms with Gasteiger partial charge in [-0.2, -0.15) is 10.1 Å². The van der Waals surface area contributed by atoms with E-state index >= 15 is 0 Å². The van der Waals surface area contributed by atoms with Gasteiger partial charge in [-0.05, 0) is 12.1 Å². The standard InChI is InChI=1S/C17H10F5N3O2/c18-8-3-1-2-4-11(8)23-17(27)12-5-6-13(26)25(24-12)16-14(21)9(19)7-10(20)15(16)22/h1-4,7H,5-6H2,(H,23,27). The lowest BCUT2D eigenvalue weighted by Gasteiger charge is -2.24. The third-order valence-electron chi connectivity index (χ3n) is 3.72. The van der Waals surface area contributed by atoms with Crippen molar-refractivity contribution in [2.24, 2.45) is 5.10 Å². The van der Waals surface area contributed by atoms with Crippen molar-refractivity contribution in [1.82, 2.24) is 0 Å². The van der Waals surface area contributed by atoms with Crippen molar-refractivity contribution in [3.05, 3.63) is 59.4 Å². The van der Waals surface area contributed by atoms with Gasteiger partial charge >= 0.3 is 0 Å². The van der Waals surface area contributed by atoms with E-state index in [4.69, 9.17) is 0 Å². The molecule has 0 bridgehead atoms. The van der Waals surface area contributed by atoms with Crippen LogP contribution in [0, 0.1) is 29.1 Å². The van der Waals surface area contributed by atoms with Gasteiger partial charge in [-0.3, -0.25) is 9.59 Å². The molecule has 10 heteroatoms. The summed E-state index contributed by atoms with van der Waals surface area (Å²) >= 11 is 0. The summed E-state index contributed by atoms with van der Waals surface area (Å²) in [6, 6.07) is 5.19. The Kier molecular flexibility index (Phi) is 4.89. The second-order valence-electron chi connectivity index (χ2n) is 5.50. The van der Waals surface area contributed by atoms with Gasteiger partial charge < -0.3 is 5.32 Å². The largest absolute Gasteiger partial charge is 0.318 e. The molecule has 2 amide bonds. The van der Waals surface area contributed by atoms with Crippen molar-refractivity contribution in [2.45, 2.75) is 12.8 Å². The Bertz CT molecular complexity index is 951. The first-order chi connectivity index (χ1) is 12.8. The molecule has 0 saturated heterocycles. The molecular formula is C17H10F5N3O2. The van der Waals surface area contributed by atoms with Gasteiger partial charge in [0.1, 0.15) is 17.2 Å². The number of carbonyl (C=O) groups is 2. The van der Waals surface area contributed by atoms with E-state index in [9.17, 15) is 31.5 Å². The number of anilines is 2. The summed E-state index contributed by atoms with van der Waals surface area (Å²) in [7, 11) is 0. The lowest BCUT2D eigenvalue weighted by molar-refractivity contribution is -0.118. The molecule has 3 rings (SSSR count). The zero-order valence-corrected chi connectivity index (χ0v) is 13.4. The number of hydrogen-bond donors (Lipinski definition) is 1. The predicted molar refractivity (Wildman–Crippen MR) is 85.5 cm³/mol. The van der Waals surface area contributed by atoms with Crippen molar-refractivity contribution in [2.75, 3.05) is 10.3 Å². The van der Waals surface area contributed by atoms with Crippen LogP contribution in [0.3, 0.4) is 0 Å². The molecule has 0 atom stereocenters. The van der Waals surface area contributed by atoms with E-state index < -0.39 is 53.0 Å². The number of halogens is 5. The Balaban J connectivity index is 1.97. The first-order valence-electron chi connectivity index (χ1n) is 7.59. The fraction of sp³-hybridized carbons (Fsp3) is 0.118. The molecule has 5 nitrogen and oxygen atoms in total. The van der Waals surface area contributed by atoms with Gasteiger partial charge in [0.05, 0.1) is 5.69 Å². The van der Waals surface area contributed by atoms with Crippen molar-refractivity contribution < 1.29 is 31.5 Å². The van der Waals surface area contributed by atoms with Crippen LogP contribution in [0.4, 0.5) is 33.3 Å². The second-order valence-corrected chi connectivity index (χ2v) is 5.50. The Hall–Kier alpha value is -3.30. The highest BCUT2D eigenvalue weighted by Gasteiger charge is 2.32. The predicted octanol–water partition coefficient (Wildman–Crippen LogP) is 3.50. The normalized spacial score (nSPS) is 14.2. The molecule has 140 valence electrons. The third-order valence-corrected chi connectivity index (χ3v) is 3.72. The van der Waals surface area contributed by atoms with Crippen LogP contribution in [0.1, 0.15) is 12.8 Å². The van der Waals surface area contributed by atoms with Gasteiger partial charge in [0.15, 0.2) is 23.3 Å². The minimum absolute atomic E-state index is 0.0158. The minimum atomic E-state index is -1.83. The zero-order valence-electron chi connectivity index (χ0n) is 13.4. The number of benzene rings is 2. The fourth-order valence-corrected chi connectivity index (χ4v) is 2.39. The van der Waals surface area contributed by atoms with Crippen LogP contribution in [-0.4, -0.2) is 17.5 Å². The number of amides is 2. The minimum Gasteiger partial charge on any atom is -0.318 e. The highest BCUT2D eigenvalue weighted by molar-refractivity contribution is 6.44. The molecular weight excluding hydrogens is 373 g/mol. The van der Waals surface area contributed by atoms with Gasteiger partial charge in [-0.1, -0.05) is 12.1 Å². The molecule has 1 aliphatic heterocycles. The zero-order chi connectivity index (χ0) is 19.7. The molecule has 0 radical (unpaired) electrons. The van der Waals surface area contributed by atoms with Gasteiger partial charge in [-0.25, -0.2) is 22.0 Å². The van der Waals surface area contributed by atoms with E-state index in [0.29, 0.717) is 0 Å². The summed E-state index contributed by atoms with van der Waals surface area (Å²) in [5, 5.41) is 5.81. The summed E-state index contributed by atoms with van der Waals surface area (Å²) < 4.78 is 68.3. The average molecular weight is 383 g/mol. The fourth-order valence-electron chi connectivity index (χ4n) is 2.39. The second kappa shape index (κ2) is 7.14. The van der Waals surface area contributed by atoms with Crippen molar-refractivity contribution >= 4 is 28.9 Å². The van der Waals surface area contributed by atoms with Crippen molar-refractivity contribution in [3.8, 4) is 0 Å². The third kappa shape index (κ3) is 3.50. The molecule has 0 unspecified atom stereocenters. The van der Waals surface area contributed by atoms with Crippen LogP contribution >= 0.6 is 0 Å². The first-order valence-corrected chi connectivity index (χ1v) is 7.59. The van der Waals surface area contributed by atoms with Crippen molar-refractivity contribution in [1.29, 1.82) is 0 Å². The molecule has 2 aromatic rings. The van der Waals surface area contributed by atoms with Gasteiger partial charge in [0, 0.05) is 18.9 Å². The molecule has 0 saturated carbocycles. The molecule has 1 N–H and O–H groups in total. The number of rotatable bonds is 3. The Morgan fingerprint density at radius 2 is 1.59 bits per heavy atom. The first kappa shape index (κ1) is 18.5. The monoisotopic (exact) mass is 383 g/mol. The highest BCUT2D eigenvalue weighted by Crippen LogP contribution is 2.30. The average Bonchev–Trinajstić information content (AvgIpc) is 2.63. The Morgan fingerprint density at radius 3 is 2.22 bits per heavy atom. The maximum atomic E-state index is 13.9. The van der Waals surface area contributed by atoms with Crippen LogP contribution in [0.25, 0.3) is 0 Å². The smallest absolute Gasteiger partial charge is 0.271 e. The molecule has 0 spiro atoms. The topological polar surface area (TPSA) is 61.8 Å². The lowest BCUT2D eigenvalue weighted by Crippen LogP contribution is -2.37. The summed E-state index contributed by atoms with van der Waals surface area (Å²) in [5.74, 6) is -9.76. The Morgan fingerprint density at radius 1 is 0.963 bits per heavy atom. The number of nitrogens with one attached hydrogen (secondary N) is 1. The van der Waals surface area contributed by atoms with Crippen LogP contribution in [0.5, 0.6) is 0 Å². The summed E-state index contributed by atoms with van der Waals surface area (Å²) in [4.78, 5) is 24.2.